The number of rotatable bonds is 8. The van der Waals surface area contributed by atoms with E-state index in [0.29, 0.717) is 31.2 Å². The summed E-state index contributed by atoms with van der Waals surface area (Å²) in [5, 5.41) is 14.3. The molecule has 0 amide bonds. The van der Waals surface area contributed by atoms with Gasteiger partial charge < -0.3 is 14.5 Å². The fourth-order valence-electron chi connectivity index (χ4n) is 1.81. The first-order valence-electron chi connectivity index (χ1n) is 7.10. The van der Waals surface area contributed by atoms with Crippen molar-refractivity contribution in [2.75, 3.05) is 11.9 Å². The van der Waals surface area contributed by atoms with Gasteiger partial charge in [0.1, 0.15) is 11.6 Å². The third-order valence-electron chi connectivity index (χ3n) is 2.85. The Morgan fingerprint density at radius 2 is 2.23 bits per heavy atom. The molecule has 0 atom stereocenters. The quantitative estimate of drug-likeness (QED) is 0.590. The van der Waals surface area contributed by atoms with Gasteiger partial charge in [0.25, 0.3) is 5.88 Å². The lowest BCUT2D eigenvalue weighted by atomic mass is 10.3. The number of nitrogens with one attached hydrogen (secondary N) is 1. The maximum atomic E-state index is 11.3. The van der Waals surface area contributed by atoms with Gasteiger partial charge in [-0.3, -0.25) is 10.1 Å². The van der Waals surface area contributed by atoms with Crippen LogP contribution in [0.25, 0.3) is 0 Å². The number of hydrogen-bond donors (Lipinski definition) is 1. The Balaban J connectivity index is 2.33. The van der Waals surface area contributed by atoms with E-state index in [9.17, 15) is 10.1 Å². The van der Waals surface area contributed by atoms with E-state index in [1.54, 1.807) is 18.4 Å². The molecule has 0 bridgehead atoms. The summed E-state index contributed by atoms with van der Waals surface area (Å²) in [5.41, 5.74) is -0.253. The summed E-state index contributed by atoms with van der Waals surface area (Å²) in [4.78, 5) is 19.1. The minimum atomic E-state index is -0.533. The molecule has 8 heteroatoms. The van der Waals surface area contributed by atoms with Crippen molar-refractivity contribution in [1.29, 1.82) is 0 Å². The standard InChI is InChI=1S/C14H18N4O4/c1-3-7-22-14-12(18(19)20)13(16-11(4-2)17-14)15-9-10-6-5-8-21-10/h5-6,8H,3-4,7,9H2,1-2H3,(H,15,16,17). The summed E-state index contributed by atoms with van der Waals surface area (Å²) in [6.45, 7) is 4.45. The smallest absolute Gasteiger partial charge is 0.372 e. The lowest BCUT2D eigenvalue weighted by Gasteiger charge is -2.10. The summed E-state index contributed by atoms with van der Waals surface area (Å²) < 4.78 is 10.6. The first-order valence-corrected chi connectivity index (χ1v) is 7.10. The number of aryl methyl sites for hydroxylation is 1. The molecule has 0 unspecified atom stereocenters. The Kier molecular flexibility index (Phi) is 5.29. The van der Waals surface area contributed by atoms with E-state index < -0.39 is 4.92 Å². The molecule has 2 aromatic heterocycles. The van der Waals surface area contributed by atoms with Crippen molar-refractivity contribution in [1.82, 2.24) is 9.97 Å². The van der Waals surface area contributed by atoms with Crippen LogP contribution in [0.2, 0.25) is 0 Å². The van der Waals surface area contributed by atoms with Crippen LogP contribution in [0.15, 0.2) is 22.8 Å². The highest BCUT2D eigenvalue weighted by molar-refractivity contribution is 5.61. The van der Waals surface area contributed by atoms with E-state index in [1.165, 1.54) is 0 Å². The van der Waals surface area contributed by atoms with Crippen molar-refractivity contribution in [2.45, 2.75) is 33.2 Å². The normalized spacial score (nSPS) is 10.5. The van der Waals surface area contributed by atoms with E-state index in [0.717, 1.165) is 6.42 Å². The summed E-state index contributed by atoms with van der Waals surface area (Å²) in [5.74, 6) is 1.28. The van der Waals surface area contributed by atoms with Crippen molar-refractivity contribution in [2.24, 2.45) is 0 Å². The van der Waals surface area contributed by atoms with Crippen LogP contribution in [0.1, 0.15) is 31.9 Å². The SMILES string of the molecule is CCCOc1nc(CC)nc(NCc2ccco2)c1[N+](=O)[O-]. The number of ether oxygens (including phenoxy) is 1. The molecule has 2 rings (SSSR count). The van der Waals surface area contributed by atoms with Crippen molar-refractivity contribution >= 4 is 11.5 Å². The topological polar surface area (TPSA) is 103 Å². The summed E-state index contributed by atoms with van der Waals surface area (Å²) in [7, 11) is 0. The molecular formula is C14H18N4O4. The van der Waals surface area contributed by atoms with Crippen LogP contribution in [0, 0.1) is 10.1 Å². The molecular weight excluding hydrogens is 288 g/mol. The van der Waals surface area contributed by atoms with Crippen LogP contribution in [0.3, 0.4) is 0 Å². The van der Waals surface area contributed by atoms with E-state index in [-0.39, 0.29) is 17.4 Å². The minimum Gasteiger partial charge on any atom is -0.473 e. The Labute approximate surface area is 127 Å². The van der Waals surface area contributed by atoms with E-state index in [1.807, 2.05) is 13.8 Å². The molecule has 118 valence electrons. The highest BCUT2D eigenvalue weighted by atomic mass is 16.6. The number of furan rings is 1. The second-order valence-electron chi connectivity index (χ2n) is 4.53. The molecule has 0 saturated carbocycles. The molecule has 0 aliphatic heterocycles. The maximum absolute atomic E-state index is 11.3. The van der Waals surface area contributed by atoms with Gasteiger partial charge >= 0.3 is 5.69 Å². The van der Waals surface area contributed by atoms with Gasteiger partial charge in [0.2, 0.25) is 5.82 Å². The molecule has 0 saturated heterocycles. The Morgan fingerprint density at radius 1 is 1.41 bits per heavy atom. The zero-order valence-electron chi connectivity index (χ0n) is 12.5. The predicted octanol–water partition coefficient (Wildman–Crippen LogP) is 2.94. The molecule has 2 aromatic rings. The van der Waals surface area contributed by atoms with Gasteiger partial charge in [0.05, 0.1) is 24.3 Å². The first-order chi connectivity index (χ1) is 10.7. The average Bonchev–Trinajstić information content (AvgIpc) is 3.03. The molecule has 0 aliphatic carbocycles. The third kappa shape index (κ3) is 3.72. The summed E-state index contributed by atoms with van der Waals surface area (Å²) in [6.07, 6.45) is 2.83. The molecule has 0 radical (unpaired) electrons. The van der Waals surface area contributed by atoms with E-state index in [4.69, 9.17) is 9.15 Å². The van der Waals surface area contributed by atoms with Crippen molar-refractivity contribution in [3.63, 3.8) is 0 Å². The Bertz CT molecular complexity index is 628. The molecule has 0 aliphatic rings. The molecule has 8 nitrogen and oxygen atoms in total. The largest absolute Gasteiger partial charge is 0.473 e. The number of aromatic nitrogens is 2. The lowest BCUT2D eigenvalue weighted by Crippen LogP contribution is -2.11. The predicted molar refractivity (Wildman–Crippen MR) is 79.9 cm³/mol. The fourth-order valence-corrected chi connectivity index (χ4v) is 1.81. The number of anilines is 1. The van der Waals surface area contributed by atoms with Crippen LogP contribution in [-0.4, -0.2) is 21.5 Å². The summed E-state index contributed by atoms with van der Waals surface area (Å²) >= 11 is 0. The van der Waals surface area contributed by atoms with Crippen LogP contribution < -0.4 is 10.1 Å². The lowest BCUT2D eigenvalue weighted by molar-refractivity contribution is -0.385. The monoisotopic (exact) mass is 306 g/mol. The van der Waals surface area contributed by atoms with E-state index >= 15 is 0 Å². The molecule has 0 aromatic carbocycles. The van der Waals surface area contributed by atoms with Crippen LogP contribution in [0.5, 0.6) is 5.88 Å². The van der Waals surface area contributed by atoms with Gasteiger partial charge in [-0.25, -0.2) is 4.98 Å². The van der Waals surface area contributed by atoms with Gasteiger partial charge in [0, 0.05) is 6.42 Å². The highest BCUT2D eigenvalue weighted by Crippen LogP contribution is 2.32. The van der Waals surface area contributed by atoms with Crippen LogP contribution >= 0.6 is 0 Å². The third-order valence-corrected chi connectivity index (χ3v) is 2.85. The van der Waals surface area contributed by atoms with Gasteiger partial charge in [-0.05, 0) is 18.6 Å². The Morgan fingerprint density at radius 3 is 2.82 bits per heavy atom. The number of hydrogen-bond acceptors (Lipinski definition) is 7. The highest BCUT2D eigenvalue weighted by Gasteiger charge is 2.26. The first kappa shape index (κ1) is 15.7. The second-order valence-corrected chi connectivity index (χ2v) is 4.53. The molecule has 0 fully saturated rings. The van der Waals surface area contributed by atoms with Gasteiger partial charge in [0.15, 0.2) is 0 Å². The molecule has 1 N–H and O–H groups in total. The van der Waals surface area contributed by atoms with Crippen molar-refractivity contribution in [3.05, 3.63) is 40.1 Å². The summed E-state index contributed by atoms with van der Waals surface area (Å²) in [6, 6.07) is 3.52. The molecule has 0 spiro atoms. The zero-order valence-corrected chi connectivity index (χ0v) is 12.5. The average molecular weight is 306 g/mol. The van der Waals surface area contributed by atoms with Crippen LogP contribution in [-0.2, 0) is 13.0 Å². The fraction of sp³-hybridized carbons (Fsp3) is 0.429. The zero-order chi connectivity index (χ0) is 15.9. The van der Waals surface area contributed by atoms with Crippen molar-refractivity contribution < 1.29 is 14.1 Å². The van der Waals surface area contributed by atoms with Crippen LogP contribution in [0.4, 0.5) is 11.5 Å². The number of nitrogens with zero attached hydrogens (tertiary/aromatic N) is 3. The van der Waals surface area contributed by atoms with Gasteiger partial charge in [-0.1, -0.05) is 13.8 Å². The van der Waals surface area contributed by atoms with Crippen molar-refractivity contribution in [3.8, 4) is 5.88 Å². The minimum absolute atomic E-state index is 0.000597. The van der Waals surface area contributed by atoms with E-state index in [2.05, 4.69) is 15.3 Å². The Hall–Kier alpha value is -2.64. The molecule has 22 heavy (non-hydrogen) atoms. The number of nitro groups is 1. The van der Waals surface area contributed by atoms with Gasteiger partial charge in [-0.2, -0.15) is 4.98 Å². The second kappa shape index (κ2) is 7.39. The maximum Gasteiger partial charge on any atom is 0.372 e. The van der Waals surface area contributed by atoms with Gasteiger partial charge in [-0.15, -0.1) is 0 Å². The molecule has 2 heterocycles.